The van der Waals surface area contributed by atoms with Crippen LogP contribution < -0.4 is 5.73 Å². The summed E-state index contributed by atoms with van der Waals surface area (Å²) in [6.45, 7) is 3.55. The fraction of sp³-hybridized carbons (Fsp3) is 0.182. The Morgan fingerprint density at radius 2 is 2.27 bits per heavy atom. The molecule has 80 valence electrons. The van der Waals surface area contributed by atoms with Crippen LogP contribution in [0.1, 0.15) is 17.2 Å². The fourth-order valence-corrected chi connectivity index (χ4v) is 1.26. The average molecular weight is 207 g/mol. The zero-order valence-corrected chi connectivity index (χ0v) is 8.18. The number of carbonyl (C=O) groups is 1. The van der Waals surface area contributed by atoms with Crippen molar-refractivity contribution in [1.82, 2.24) is 0 Å². The van der Waals surface area contributed by atoms with Crippen LogP contribution in [0.25, 0.3) is 0 Å². The summed E-state index contributed by atoms with van der Waals surface area (Å²) < 4.78 is 0. The Balaban J connectivity index is 3.06. The molecule has 0 aliphatic rings. The molecule has 1 atom stereocenters. The zero-order chi connectivity index (χ0) is 11.4. The van der Waals surface area contributed by atoms with Gasteiger partial charge in [-0.3, -0.25) is 4.79 Å². The molecular formula is C11H13NO3. The van der Waals surface area contributed by atoms with Gasteiger partial charge in [0.15, 0.2) is 0 Å². The van der Waals surface area contributed by atoms with E-state index in [0.717, 1.165) is 0 Å². The molecule has 0 unspecified atom stereocenters. The van der Waals surface area contributed by atoms with Crippen molar-refractivity contribution in [3.63, 3.8) is 0 Å². The minimum Gasteiger partial charge on any atom is -0.508 e. The first-order valence-electron chi connectivity index (χ1n) is 4.47. The lowest BCUT2D eigenvalue weighted by molar-refractivity contribution is -0.138. The summed E-state index contributed by atoms with van der Waals surface area (Å²) in [6.07, 6.45) is 2.11. The maximum atomic E-state index is 10.6. The van der Waals surface area contributed by atoms with Crippen molar-refractivity contribution in [2.45, 2.75) is 12.5 Å². The number of hydrogen-bond acceptors (Lipinski definition) is 3. The van der Waals surface area contributed by atoms with Gasteiger partial charge >= 0.3 is 5.97 Å². The van der Waals surface area contributed by atoms with E-state index in [1.807, 2.05) is 0 Å². The predicted molar refractivity (Wildman–Crippen MR) is 56.6 cm³/mol. The summed E-state index contributed by atoms with van der Waals surface area (Å²) in [7, 11) is 0. The molecule has 0 bridgehead atoms. The van der Waals surface area contributed by atoms with Crippen molar-refractivity contribution in [1.29, 1.82) is 0 Å². The number of phenols is 1. The lowest BCUT2D eigenvalue weighted by Gasteiger charge is -2.09. The number of phenolic OH excluding ortho intramolecular Hbond substituents is 1. The largest absolute Gasteiger partial charge is 0.508 e. The molecule has 1 aromatic carbocycles. The Bertz CT molecular complexity index is 387. The van der Waals surface area contributed by atoms with Gasteiger partial charge in [-0.2, -0.15) is 0 Å². The quantitative estimate of drug-likeness (QED) is 0.648. The van der Waals surface area contributed by atoms with E-state index in [-0.39, 0.29) is 5.75 Å². The van der Waals surface area contributed by atoms with Gasteiger partial charge in [-0.1, -0.05) is 12.1 Å². The van der Waals surface area contributed by atoms with E-state index >= 15 is 0 Å². The third kappa shape index (κ3) is 2.57. The molecular weight excluding hydrogens is 194 g/mol. The van der Waals surface area contributed by atoms with E-state index in [2.05, 4.69) is 6.58 Å². The Morgan fingerprint density at radius 3 is 2.80 bits per heavy atom. The second-order valence-electron chi connectivity index (χ2n) is 3.20. The molecule has 4 heteroatoms. The van der Waals surface area contributed by atoms with Crippen molar-refractivity contribution in [3.05, 3.63) is 42.0 Å². The normalized spacial score (nSPS) is 12.1. The number of nitrogens with two attached hydrogens (primary N) is 1. The van der Waals surface area contributed by atoms with Gasteiger partial charge in [0.05, 0.1) is 0 Å². The first-order chi connectivity index (χ1) is 7.06. The van der Waals surface area contributed by atoms with E-state index in [9.17, 15) is 9.90 Å². The topological polar surface area (TPSA) is 83.6 Å². The number of allylic oxidation sites excluding steroid dienone is 1. The third-order valence-electron chi connectivity index (χ3n) is 2.09. The van der Waals surface area contributed by atoms with Gasteiger partial charge in [0, 0.05) is 0 Å². The summed E-state index contributed by atoms with van der Waals surface area (Å²) in [5, 5.41) is 18.2. The summed E-state index contributed by atoms with van der Waals surface area (Å²) in [6, 6.07) is 3.46. The van der Waals surface area contributed by atoms with Crippen molar-refractivity contribution in [2.75, 3.05) is 0 Å². The summed E-state index contributed by atoms with van der Waals surface area (Å²) in [4.78, 5) is 10.6. The second kappa shape index (κ2) is 4.61. The van der Waals surface area contributed by atoms with Crippen LogP contribution in [0.15, 0.2) is 30.9 Å². The van der Waals surface area contributed by atoms with E-state index in [0.29, 0.717) is 17.5 Å². The molecule has 15 heavy (non-hydrogen) atoms. The molecule has 0 saturated carbocycles. The number of carboxylic acids is 1. The maximum absolute atomic E-state index is 10.6. The molecule has 0 radical (unpaired) electrons. The van der Waals surface area contributed by atoms with Crippen LogP contribution >= 0.6 is 0 Å². The van der Waals surface area contributed by atoms with E-state index in [1.54, 1.807) is 12.1 Å². The highest BCUT2D eigenvalue weighted by molar-refractivity contribution is 5.75. The molecule has 4 N–H and O–H groups in total. The van der Waals surface area contributed by atoms with Crippen molar-refractivity contribution < 1.29 is 15.0 Å². The SMILES string of the molecule is C=CCc1cc([C@H](N)C(=O)O)ccc1O. The second-order valence-corrected chi connectivity index (χ2v) is 3.20. The van der Waals surface area contributed by atoms with Crippen LogP contribution in [0.2, 0.25) is 0 Å². The van der Waals surface area contributed by atoms with Crippen LogP contribution in [0.4, 0.5) is 0 Å². The Kier molecular flexibility index (Phi) is 3.46. The molecule has 0 aromatic heterocycles. The highest BCUT2D eigenvalue weighted by Gasteiger charge is 2.15. The molecule has 0 spiro atoms. The monoisotopic (exact) mass is 207 g/mol. The summed E-state index contributed by atoms with van der Waals surface area (Å²) in [5.74, 6) is -0.971. The summed E-state index contributed by atoms with van der Waals surface area (Å²) in [5.41, 5.74) is 6.54. The molecule has 4 nitrogen and oxygen atoms in total. The predicted octanol–water partition coefficient (Wildman–Crippen LogP) is 1.21. The number of aromatic hydroxyl groups is 1. The van der Waals surface area contributed by atoms with Gasteiger partial charge in [0.1, 0.15) is 11.8 Å². The standard InChI is InChI=1S/C11H13NO3/c1-2-3-7-6-8(4-5-9(7)13)10(12)11(14)15/h2,4-6,10,13H,1,3,12H2,(H,14,15)/t10-/m0/s1. The van der Waals surface area contributed by atoms with E-state index in [1.165, 1.54) is 12.1 Å². The van der Waals surface area contributed by atoms with Gasteiger partial charge in [0.2, 0.25) is 0 Å². The lowest BCUT2D eigenvalue weighted by atomic mass is 10.0. The Labute approximate surface area is 87.7 Å². The number of hydrogen-bond donors (Lipinski definition) is 3. The fourth-order valence-electron chi connectivity index (χ4n) is 1.26. The third-order valence-corrected chi connectivity index (χ3v) is 2.09. The smallest absolute Gasteiger partial charge is 0.325 e. The highest BCUT2D eigenvalue weighted by Crippen LogP contribution is 2.22. The van der Waals surface area contributed by atoms with E-state index < -0.39 is 12.0 Å². The molecule has 1 rings (SSSR count). The lowest BCUT2D eigenvalue weighted by Crippen LogP contribution is -2.20. The number of benzene rings is 1. The van der Waals surface area contributed by atoms with Crippen molar-refractivity contribution in [3.8, 4) is 5.75 Å². The van der Waals surface area contributed by atoms with Crippen LogP contribution in [0.5, 0.6) is 5.75 Å². The average Bonchev–Trinajstić information content (AvgIpc) is 2.20. The first-order valence-corrected chi connectivity index (χ1v) is 4.47. The molecule has 0 heterocycles. The molecule has 0 aliphatic carbocycles. The zero-order valence-electron chi connectivity index (χ0n) is 8.18. The number of carboxylic acid groups (broad SMARTS) is 1. The van der Waals surface area contributed by atoms with Crippen LogP contribution in [-0.2, 0) is 11.2 Å². The van der Waals surface area contributed by atoms with E-state index in [4.69, 9.17) is 10.8 Å². The van der Waals surface area contributed by atoms with Gasteiger partial charge in [-0.25, -0.2) is 0 Å². The van der Waals surface area contributed by atoms with Gasteiger partial charge in [0.25, 0.3) is 0 Å². The minimum atomic E-state index is -1.09. The minimum absolute atomic E-state index is 0.122. The molecule has 0 amide bonds. The van der Waals surface area contributed by atoms with Gasteiger partial charge in [-0.05, 0) is 29.7 Å². The van der Waals surface area contributed by atoms with Crippen LogP contribution in [0.3, 0.4) is 0 Å². The molecule has 0 saturated heterocycles. The number of rotatable bonds is 4. The number of aliphatic carboxylic acids is 1. The maximum Gasteiger partial charge on any atom is 0.325 e. The molecule has 0 fully saturated rings. The van der Waals surface area contributed by atoms with Gasteiger partial charge < -0.3 is 15.9 Å². The van der Waals surface area contributed by atoms with Crippen LogP contribution in [0, 0.1) is 0 Å². The molecule has 1 aromatic rings. The summed E-state index contributed by atoms with van der Waals surface area (Å²) >= 11 is 0. The van der Waals surface area contributed by atoms with Crippen molar-refractivity contribution in [2.24, 2.45) is 5.73 Å². The first kappa shape index (κ1) is 11.3. The van der Waals surface area contributed by atoms with Gasteiger partial charge in [-0.15, -0.1) is 6.58 Å². The highest BCUT2D eigenvalue weighted by atomic mass is 16.4. The molecule has 0 aliphatic heterocycles. The van der Waals surface area contributed by atoms with Crippen LogP contribution in [-0.4, -0.2) is 16.2 Å². The Hall–Kier alpha value is -1.81. The van der Waals surface area contributed by atoms with Crippen molar-refractivity contribution >= 4 is 5.97 Å². The Morgan fingerprint density at radius 1 is 1.60 bits per heavy atom.